The maximum Gasteiger partial charge on any atom is 0.257 e. The number of nitrogens with zero attached hydrogens (tertiary/aromatic N) is 2. The molecule has 0 atom stereocenters. The molecule has 1 aliphatic rings. The molecule has 2 heterocycles. The Balaban J connectivity index is 1.74. The van der Waals surface area contributed by atoms with Crippen LogP contribution in [0.25, 0.3) is 0 Å². The molecule has 1 aliphatic heterocycles. The molecule has 24 heavy (non-hydrogen) atoms. The Bertz CT molecular complexity index is 757. The molecular weight excluding hydrogens is 326 g/mol. The molecular formula is C18H18ClN3O2. The largest absolute Gasteiger partial charge is 0.339 e. The number of hydrogen-bond donors (Lipinski definition) is 1. The second-order valence-electron chi connectivity index (χ2n) is 5.78. The van der Waals surface area contributed by atoms with Crippen molar-refractivity contribution in [2.24, 2.45) is 0 Å². The number of carbonyl (C=O) groups excluding carboxylic acids is 2. The molecule has 2 amide bonds. The molecule has 3 rings (SSSR count). The minimum absolute atomic E-state index is 0.0698. The maximum absolute atomic E-state index is 12.5. The van der Waals surface area contributed by atoms with Crippen LogP contribution in [0.3, 0.4) is 0 Å². The molecule has 0 unspecified atom stereocenters. The number of aromatic nitrogens is 1. The Morgan fingerprint density at radius 1 is 1.04 bits per heavy atom. The molecule has 1 N–H and O–H groups in total. The van der Waals surface area contributed by atoms with Crippen molar-refractivity contribution in [1.82, 2.24) is 9.88 Å². The number of nitrogens with one attached hydrogen (secondary N) is 1. The van der Waals surface area contributed by atoms with Gasteiger partial charge in [-0.05, 0) is 43.5 Å². The van der Waals surface area contributed by atoms with E-state index in [-0.39, 0.29) is 11.8 Å². The van der Waals surface area contributed by atoms with Gasteiger partial charge in [0.2, 0.25) is 0 Å². The van der Waals surface area contributed by atoms with Crippen molar-refractivity contribution in [3.63, 3.8) is 0 Å². The normalized spacial score (nSPS) is 14.3. The van der Waals surface area contributed by atoms with E-state index in [2.05, 4.69) is 10.3 Å². The second kappa shape index (κ2) is 7.45. The fourth-order valence-electron chi connectivity index (χ4n) is 2.73. The van der Waals surface area contributed by atoms with Gasteiger partial charge in [0, 0.05) is 36.2 Å². The molecule has 6 heteroatoms. The number of carbonyl (C=O) groups is 2. The van der Waals surface area contributed by atoms with Crippen LogP contribution in [0.5, 0.6) is 0 Å². The molecule has 0 aliphatic carbocycles. The van der Waals surface area contributed by atoms with Crippen LogP contribution in [-0.4, -0.2) is 34.8 Å². The summed E-state index contributed by atoms with van der Waals surface area (Å²) < 4.78 is 0. The summed E-state index contributed by atoms with van der Waals surface area (Å²) in [7, 11) is 0. The summed E-state index contributed by atoms with van der Waals surface area (Å²) in [6, 6.07) is 8.49. The van der Waals surface area contributed by atoms with Crippen LogP contribution >= 0.6 is 11.6 Å². The van der Waals surface area contributed by atoms with Crippen molar-refractivity contribution < 1.29 is 9.59 Å². The van der Waals surface area contributed by atoms with Crippen LogP contribution in [0.4, 0.5) is 5.69 Å². The zero-order chi connectivity index (χ0) is 16.9. The minimum Gasteiger partial charge on any atom is -0.339 e. The number of likely N-dealkylation sites (tertiary alicyclic amines) is 1. The van der Waals surface area contributed by atoms with Gasteiger partial charge < -0.3 is 10.2 Å². The fourth-order valence-corrected chi connectivity index (χ4v) is 2.92. The average molecular weight is 344 g/mol. The quantitative estimate of drug-likeness (QED) is 0.926. The van der Waals surface area contributed by atoms with Gasteiger partial charge in [-0.2, -0.15) is 0 Å². The van der Waals surface area contributed by atoms with E-state index >= 15 is 0 Å². The molecule has 5 nitrogen and oxygen atoms in total. The maximum atomic E-state index is 12.5. The number of piperidine rings is 1. The van der Waals surface area contributed by atoms with E-state index in [1.807, 2.05) is 4.90 Å². The van der Waals surface area contributed by atoms with Gasteiger partial charge >= 0.3 is 0 Å². The number of halogens is 1. The van der Waals surface area contributed by atoms with E-state index in [0.717, 1.165) is 32.4 Å². The Morgan fingerprint density at radius 3 is 2.54 bits per heavy atom. The van der Waals surface area contributed by atoms with Crippen LogP contribution in [-0.2, 0) is 0 Å². The number of anilines is 1. The van der Waals surface area contributed by atoms with Crippen LogP contribution in [0.2, 0.25) is 5.02 Å². The highest BCUT2D eigenvalue weighted by molar-refractivity contribution is 6.31. The third-order valence-electron chi connectivity index (χ3n) is 3.97. The Morgan fingerprint density at radius 2 is 1.79 bits per heavy atom. The van der Waals surface area contributed by atoms with Crippen LogP contribution in [0, 0.1) is 0 Å². The van der Waals surface area contributed by atoms with Gasteiger partial charge in [-0.25, -0.2) is 0 Å². The predicted molar refractivity (Wildman–Crippen MR) is 93.4 cm³/mol. The highest BCUT2D eigenvalue weighted by Crippen LogP contribution is 2.17. The molecule has 1 fully saturated rings. The fraction of sp³-hybridized carbons (Fsp3) is 0.278. The SMILES string of the molecule is O=C(Nc1cccc(Cl)c1)c1cncc(C(=O)N2CCCCC2)c1. The first-order valence-electron chi connectivity index (χ1n) is 7.95. The van der Waals surface area contributed by atoms with Crippen LogP contribution in [0.15, 0.2) is 42.7 Å². The predicted octanol–water partition coefficient (Wildman–Crippen LogP) is 3.61. The summed E-state index contributed by atoms with van der Waals surface area (Å²) in [6.07, 6.45) is 6.16. The lowest BCUT2D eigenvalue weighted by Gasteiger charge is -2.26. The molecule has 1 aromatic heterocycles. The smallest absolute Gasteiger partial charge is 0.257 e. The number of rotatable bonds is 3. The van der Waals surface area contributed by atoms with E-state index in [1.165, 1.54) is 12.4 Å². The van der Waals surface area contributed by atoms with Crippen molar-refractivity contribution in [3.8, 4) is 0 Å². The Kier molecular flexibility index (Phi) is 5.11. The van der Waals surface area contributed by atoms with E-state index in [9.17, 15) is 9.59 Å². The zero-order valence-electron chi connectivity index (χ0n) is 13.2. The second-order valence-corrected chi connectivity index (χ2v) is 6.22. The van der Waals surface area contributed by atoms with E-state index in [4.69, 9.17) is 11.6 Å². The molecule has 0 radical (unpaired) electrons. The summed E-state index contributed by atoms with van der Waals surface area (Å²) in [5.74, 6) is -0.391. The monoisotopic (exact) mass is 343 g/mol. The van der Waals surface area contributed by atoms with E-state index < -0.39 is 0 Å². The number of hydrogen-bond acceptors (Lipinski definition) is 3. The summed E-state index contributed by atoms with van der Waals surface area (Å²) in [6.45, 7) is 1.52. The number of pyridine rings is 1. The summed E-state index contributed by atoms with van der Waals surface area (Å²) in [4.78, 5) is 30.7. The standard InChI is InChI=1S/C18H18ClN3O2/c19-15-5-4-6-16(10-15)21-17(23)13-9-14(12-20-11-13)18(24)22-7-2-1-3-8-22/h4-6,9-12H,1-3,7-8H2,(H,21,23). The Hall–Kier alpha value is -2.40. The molecule has 124 valence electrons. The highest BCUT2D eigenvalue weighted by Gasteiger charge is 2.19. The lowest BCUT2D eigenvalue weighted by Crippen LogP contribution is -2.35. The third kappa shape index (κ3) is 3.92. The first-order valence-corrected chi connectivity index (χ1v) is 8.32. The van der Waals surface area contributed by atoms with Gasteiger partial charge in [0.1, 0.15) is 0 Å². The van der Waals surface area contributed by atoms with Crippen molar-refractivity contribution in [2.75, 3.05) is 18.4 Å². The van der Waals surface area contributed by atoms with Gasteiger partial charge in [-0.3, -0.25) is 14.6 Å². The van der Waals surface area contributed by atoms with E-state index in [0.29, 0.717) is 21.8 Å². The lowest BCUT2D eigenvalue weighted by molar-refractivity contribution is 0.0724. The molecule has 1 aromatic carbocycles. The van der Waals surface area contributed by atoms with Crippen LogP contribution < -0.4 is 5.32 Å². The molecule has 0 saturated carbocycles. The topological polar surface area (TPSA) is 62.3 Å². The molecule has 0 spiro atoms. The van der Waals surface area contributed by atoms with Gasteiger partial charge in [-0.15, -0.1) is 0 Å². The van der Waals surface area contributed by atoms with Crippen molar-refractivity contribution in [1.29, 1.82) is 0 Å². The molecule has 1 saturated heterocycles. The van der Waals surface area contributed by atoms with Gasteiger partial charge in [0.15, 0.2) is 0 Å². The lowest BCUT2D eigenvalue weighted by atomic mass is 10.1. The summed E-state index contributed by atoms with van der Waals surface area (Å²) >= 11 is 5.91. The number of benzene rings is 1. The summed E-state index contributed by atoms with van der Waals surface area (Å²) in [5.41, 5.74) is 1.38. The highest BCUT2D eigenvalue weighted by atomic mass is 35.5. The average Bonchev–Trinajstić information content (AvgIpc) is 2.62. The summed E-state index contributed by atoms with van der Waals surface area (Å²) in [5, 5.41) is 3.30. The molecule has 2 aromatic rings. The molecule has 0 bridgehead atoms. The number of amides is 2. The van der Waals surface area contributed by atoms with Crippen molar-refractivity contribution in [2.45, 2.75) is 19.3 Å². The van der Waals surface area contributed by atoms with Crippen molar-refractivity contribution in [3.05, 3.63) is 58.9 Å². The van der Waals surface area contributed by atoms with Gasteiger partial charge in [0.05, 0.1) is 11.1 Å². The van der Waals surface area contributed by atoms with Crippen LogP contribution in [0.1, 0.15) is 40.0 Å². The Labute approximate surface area is 145 Å². The zero-order valence-corrected chi connectivity index (χ0v) is 13.9. The first-order chi connectivity index (χ1) is 11.6. The van der Waals surface area contributed by atoms with Gasteiger partial charge in [-0.1, -0.05) is 17.7 Å². The van der Waals surface area contributed by atoms with E-state index in [1.54, 1.807) is 30.3 Å². The van der Waals surface area contributed by atoms with Crippen molar-refractivity contribution >= 4 is 29.1 Å². The minimum atomic E-state index is -0.321. The van der Waals surface area contributed by atoms with Gasteiger partial charge in [0.25, 0.3) is 11.8 Å². The third-order valence-corrected chi connectivity index (χ3v) is 4.21. The first kappa shape index (κ1) is 16.5.